The summed E-state index contributed by atoms with van der Waals surface area (Å²) in [5.74, 6) is -5.99. The normalized spacial score (nSPS) is 23.7. The van der Waals surface area contributed by atoms with Crippen LogP contribution >= 0.6 is 0 Å². The van der Waals surface area contributed by atoms with Crippen LogP contribution in [0.15, 0.2) is 54.6 Å². The fourth-order valence-corrected chi connectivity index (χ4v) is 5.19. The van der Waals surface area contributed by atoms with Crippen LogP contribution in [0.2, 0.25) is 0 Å². The molecule has 3 aromatic rings. The smallest absolute Gasteiger partial charge is 0.337 e. The van der Waals surface area contributed by atoms with Gasteiger partial charge in [-0.05, 0) is 41.5 Å². The average Bonchev–Trinajstić information content (AvgIpc) is 3.27. The van der Waals surface area contributed by atoms with E-state index in [1.54, 1.807) is 42.5 Å². The maximum Gasteiger partial charge on any atom is 0.337 e. The number of amides is 1. The van der Waals surface area contributed by atoms with Gasteiger partial charge in [0.05, 0.1) is 31.7 Å². The van der Waals surface area contributed by atoms with Gasteiger partial charge in [0.2, 0.25) is 24.5 Å². The maximum atomic E-state index is 15.0. The number of methoxy groups -OCH3 is 2. The molecule has 1 amide bonds. The lowest BCUT2D eigenvalue weighted by atomic mass is 9.93. The summed E-state index contributed by atoms with van der Waals surface area (Å²) >= 11 is 0. The van der Waals surface area contributed by atoms with Crippen molar-refractivity contribution in [3.8, 4) is 23.3 Å². The molecule has 4 atom stereocenters. The van der Waals surface area contributed by atoms with E-state index in [2.05, 4.69) is 10.3 Å². The second-order valence-electron chi connectivity index (χ2n) is 9.51. The molecule has 1 saturated carbocycles. The number of hydrogen-bond acceptors (Lipinski definition) is 8. The largest absolute Gasteiger partial charge is 0.481 e. The summed E-state index contributed by atoms with van der Waals surface area (Å²) in [6.07, 6.45) is -0.402. The minimum absolute atomic E-state index is 0.0233. The van der Waals surface area contributed by atoms with Crippen molar-refractivity contribution in [1.29, 1.82) is 0 Å². The second-order valence-corrected chi connectivity index (χ2v) is 9.51. The van der Waals surface area contributed by atoms with Crippen LogP contribution in [0.3, 0.4) is 0 Å². The number of benzene rings is 2. The van der Waals surface area contributed by atoms with Crippen LogP contribution in [0, 0.1) is 5.92 Å². The number of esters is 1. The van der Waals surface area contributed by atoms with Gasteiger partial charge < -0.3 is 29.0 Å². The number of rotatable bonds is 6. The second kappa shape index (κ2) is 9.40. The molecule has 39 heavy (non-hydrogen) atoms. The molecule has 0 radical (unpaired) electrons. The lowest BCUT2D eigenvalue weighted by Crippen LogP contribution is -2.35. The van der Waals surface area contributed by atoms with Crippen molar-refractivity contribution in [2.24, 2.45) is 5.92 Å². The lowest BCUT2D eigenvalue weighted by molar-refractivity contribution is -0.125. The standard InChI is InChI=1S/C28H24F2N2O7/c1-35-22-9-7-17-18(12-20(39-26(17)32-22)14-4-3-5-16(10-14)27(34)36-2)31-25(33)24-23(28(24,29)30)15-6-8-19-21(11-15)38-13-37-19/h3-11,18,20,23-24H,12-13H2,1-2H3,(H,31,33). The van der Waals surface area contributed by atoms with Gasteiger partial charge in [0.1, 0.15) is 12.0 Å². The number of alkyl halides is 2. The van der Waals surface area contributed by atoms with Gasteiger partial charge in [-0.25, -0.2) is 13.6 Å². The fraction of sp³-hybridized carbons (Fsp3) is 0.321. The van der Waals surface area contributed by atoms with Gasteiger partial charge in [-0.15, -0.1) is 0 Å². The molecule has 4 unspecified atom stereocenters. The Morgan fingerprint density at radius 2 is 1.85 bits per heavy atom. The molecule has 1 aromatic heterocycles. The molecule has 2 aromatic carbocycles. The Kier molecular flexibility index (Phi) is 6.00. The molecule has 3 heterocycles. The highest BCUT2D eigenvalue weighted by Gasteiger charge is 2.72. The van der Waals surface area contributed by atoms with E-state index in [-0.39, 0.29) is 19.1 Å². The molecule has 1 fully saturated rings. The molecule has 11 heteroatoms. The summed E-state index contributed by atoms with van der Waals surface area (Å²) in [6.45, 7) is 0.0233. The first-order chi connectivity index (χ1) is 18.8. The monoisotopic (exact) mass is 538 g/mol. The lowest BCUT2D eigenvalue weighted by Gasteiger charge is -2.32. The Morgan fingerprint density at radius 3 is 2.64 bits per heavy atom. The van der Waals surface area contributed by atoms with Crippen molar-refractivity contribution in [3.63, 3.8) is 0 Å². The predicted molar refractivity (Wildman–Crippen MR) is 131 cm³/mol. The number of halogens is 2. The third-order valence-electron chi connectivity index (χ3n) is 7.24. The number of pyridine rings is 1. The van der Waals surface area contributed by atoms with Gasteiger partial charge in [0.25, 0.3) is 5.92 Å². The molecule has 0 bridgehead atoms. The minimum Gasteiger partial charge on any atom is -0.481 e. The maximum absolute atomic E-state index is 15.0. The predicted octanol–water partition coefficient (Wildman–Crippen LogP) is 4.34. The summed E-state index contributed by atoms with van der Waals surface area (Å²) in [5, 5.41) is 2.80. The first-order valence-corrected chi connectivity index (χ1v) is 12.3. The minimum atomic E-state index is -3.22. The first-order valence-electron chi connectivity index (χ1n) is 12.3. The number of carbonyl (C=O) groups excluding carboxylic acids is 2. The Balaban J connectivity index is 1.27. The molecule has 0 saturated heterocycles. The number of hydrogen-bond donors (Lipinski definition) is 1. The third kappa shape index (κ3) is 4.37. The topological polar surface area (TPSA) is 105 Å². The number of nitrogens with zero attached hydrogens (tertiary/aromatic N) is 1. The molecule has 0 spiro atoms. The summed E-state index contributed by atoms with van der Waals surface area (Å²) in [5.41, 5.74) is 1.81. The molecule has 2 aliphatic heterocycles. The Bertz CT molecular complexity index is 1460. The molecule has 6 rings (SSSR count). The number of nitrogens with one attached hydrogen (secondary N) is 1. The van der Waals surface area contributed by atoms with Crippen molar-refractivity contribution >= 4 is 11.9 Å². The van der Waals surface area contributed by atoms with Crippen molar-refractivity contribution in [2.75, 3.05) is 21.0 Å². The van der Waals surface area contributed by atoms with Gasteiger partial charge in [0, 0.05) is 18.1 Å². The molecule has 202 valence electrons. The summed E-state index contributed by atoms with van der Waals surface area (Å²) in [7, 11) is 2.74. The number of carbonyl (C=O) groups is 2. The van der Waals surface area contributed by atoms with Crippen LogP contribution in [0.4, 0.5) is 8.78 Å². The molecular formula is C28H24F2N2O7. The van der Waals surface area contributed by atoms with Crippen LogP contribution < -0.4 is 24.3 Å². The highest BCUT2D eigenvalue weighted by Crippen LogP contribution is 2.62. The number of ether oxygens (including phenoxy) is 5. The average molecular weight is 539 g/mol. The van der Waals surface area contributed by atoms with E-state index < -0.39 is 41.8 Å². The summed E-state index contributed by atoms with van der Waals surface area (Å²) in [4.78, 5) is 29.7. The SMILES string of the molecule is COC(=O)c1cccc(C2CC(NC(=O)C3C(c4ccc5c(c4)OCO5)C3(F)F)c3ccc(OC)nc3O2)c1. The zero-order chi connectivity index (χ0) is 27.3. The quantitative estimate of drug-likeness (QED) is 0.463. The van der Waals surface area contributed by atoms with E-state index in [4.69, 9.17) is 23.7 Å². The van der Waals surface area contributed by atoms with E-state index in [1.807, 2.05) is 0 Å². The summed E-state index contributed by atoms with van der Waals surface area (Å²) in [6, 6.07) is 13.9. The zero-order valence-corrected chi connectivity index (χ0v) is 21.0. The highest BCUT2D eigenvalue weighted by molar-refractivity contribution is 5.89. The molecule has 9 nitrogen and oxygen atoms in total. The van der Waals surface area contributed by atoms with Gasteiger partial charge >= 0.3 is 5.97 Å². The number of fused-ring (bicyclic) bond motifs is 2. The Morgan fingerprint density at radius 1 is 1.03 bits per heavy atom. The van der Waals surface area contributed by atoms with Crippen molar-refractivity contribution in [3.05, 3.63) is 76.9 Å². The van der Waals surface area contributed by atoms with Gasteiger partial charge in [0.15, 0.2) is 11.5 Å². The van der Waals surface area contributed by atoms with Crippen molar-refractivity contribution in [1.82, 2.24) is 10.3 Å². The van der Waals surface area contributed by atoms with E-state index in [1.165, 1.54) is 26.4 Å². The van der Waals surface area contributed by atoms with Crippen LogP contribution in [0.25, 0.3) is 0 Å². The first kappa shape index (κ1) is 24.9. The van der Waals surface area contributed by atoms with Crippen LogP contribution in [-0.2, 0) is 9.53 Å². The van der Waals surface area contributed by atoms with E-state index in [0.29, 0.717) is 39.6 Å². The van der Waals surface area contributed by atoms with Gasteiger partial charge in [-0.3, -0.25) is 4.79 Å². The van der Waals surface area contributed by atoms with Crippen LogP contribution in [0.1, 0.15) is 51.5 Å². The molecule has 1 aliphatic carbocycles. The van der Waals surface area contributed by atoms with Crippen LogP contribution in [0.5, 0.6) is 23.3 Å². The van der Waals surface area contributed by atoms with Gasteiger partial charge in [-0.1, -0.05) is 18.2 Å². The van der Waals surface area contributed by atoms with E-state index in [9.17, 15) is 18.4 Å². The van der Waals surface area contributed by atoms with E-state index >= 15 is 0 Å². The molecule has 3 aliphatic rings. The molecule has 1 N–H and O–H groups in total. The number of aromatic nitrogens is 1. The van der Waals surface area contributed by atoms with Crippen LogP contribution in [-0.4, -0.2) is 43.8 Å². The highest BCUT2D eigenvalue weighted by atomic mass is 19.3. The van der Waals surface area contributed by atoms with Gasteiger partial charge in [-0.2, -0.15) is 4.98 Å². The third-order valence-corrected chi connectivity index (χ3v) is 7.24. The summed E-state index contributed by atoms with van der Waals surface area (Å²) < 4.78 is 56.7. The fourth-order valence-electron chi connectivity index (χ4n) is 5.19. The van der Waals surface area contributed by atoms with Crippen molar-refractivity contribution < 1.29 is 42.1 Å². The zero-order valence-electron chi connectivity index (χ0n) is 21.0. The van der Waals surface area contributed by atoms with E-state index in [0.717, 1.165) is 0 Å². The molecular weight excluding hydrogens is 514 g/mol. The Labute approximate surface area is 222 Å². The Hall–Kier alpha value is -4.41. The van der Waals surface area contributed by atoms with Crippen molar-refractivity contribution in [2.45, 2.75) is 30.4 Å².